The number of ether oxygens (including phenoxy) is 1. The molecule has 2 aromatic heterocycles. The molecule has 2 heterocycles. The molecule has 6 heteroatoms. The highest BCUT2D eigenvalue weighted by molar-refractivity contribution is 6.17. The van der Waals surface area contributed by atoms with E-state index in [2.05, 4.69) is 19.5 Å². The Labute approximate surface area is 129 Å². The van der Waals surface area contributed by atoms with Crippen LogP contribution in [0.15, 0.2) is 6.33 Å². The van der Waals surface area contributed by atoms with E-state index in [9.17, 15) is 0 Å². The molecule has 2 aromatic rings. The van der Waals surface area contributed by atoms with Crippen LogP contribution in [0.4, 0.5) is 0 Å². The molecule has 0 spiro atoms. The van der Waals surface area contributed by atoms with Gasteiger partial charge in [0, 0.05) is 18.8 Å². The van der Waals surface area contributed by atoms with Gasteiger partial charge in [-0.15, -0.1) is 11.6 Å². The van der Waals surface area contributed by atoms with Gasteiger partial charge in [0.15, 0.2) is 11.2 Å². The Kier molecular flexibility index (Phi) is 4.58. The van der Waals surface area contributed by atoms with Gasteiger partial charge in [-0.1, -0.05) is 19.3 Å². The average molecular weight is 309 g/mol. The van der Waals surface area contributed by atoms with Crippen LogP contribution < -0.4 is 4.74 Å². The lowest BCUT2D eigenvalue weighted by molar-refractivity contribution is 0.318. The van der Waals surface area contributed by atoms with Gasteiger partial charge >= 0.3 is 0 Å². The summed E-state index contributed by atoms with van der Waals surface area (Å²) in [5.41, 5.74) is 1.61. The van der Waals surface area contributed by atoms with Crippen molar-refractivity contribution in [3.8, 4) is 5.88 Å². The molecule has 1 saturated carbocycles. The number of fused-ring (bicyclic) bond motifs is 1. The van der Waals surface area contributed by atoms with Crippen LogP contribution >= 0.6 is 11.6 Å². The molecule has 0 aliphatic heterocycles. The van der Waals surface area contributed by atoms with E-state index in [1.165, 1.54) is 32.1 Å². The second kappa shape index (κ2) is 6.60. The third-order valence-electron chi connectivity index (χ3n) is 4.25. The Balaban J connectivity index is 1.99. The number of nitrogens with zero attached hydrogens (tertiary/aromatic N) is 4. The van der Waals surface area contributed by atoms with E-state index in [0.717, 1.165) is 30.0 Å². The number of alkyl halides is 1. The van der Waals surface area contributed by atoms with E-state index >= 15 is 0 Å². The molecule has 0 N–H and O–H groups in total. The van der Waals surface area contributed by atoms with Gasteiger partial charge in [0.2, 0.25) is 5.88 Å². The molecule has 0 bridgehead atoms. The monoisotopic (exact) mass is 308 g/mol. The zero-order valence-corrected chi connectivity index (χ0v) is 13.1. The first-order valence-electron chi connectivity index (χ1n) is 7.63. The van der Waals surface area contributed by atoms with Crippen LogP contribution in [0.25, 0.3) is 11.2 Å². The van der Waals surface area contributed by atoms with Crippen LogP contribution in [0.3, 0.4) is 0 Å². The SMILES string of the molecule is COc1ncnc2c1nc(CCCl)n2CC1CCCCC1. The van der Waals surface area contributed by atoms with Gasteiger partial charge in [0.1, 0.15) is 12.2 Å². The van der Waals surface area contributed by atoms with E-state index in [-0.39, 0.29) is 0 Å². The average Bonchev–Trinajstić information content (AvgIpc) is 2.87. The quantitative estimate of drug-likeness (QED) is 0.796. The number of halogens is 1. The molecule has 0 amide bonds. The minimum Gasteiger partial charge on any atom is -0.479 e. The van der Waals surface area contributed by atoms with Crippen LogP contribution in [0, 0.1) is 5.92 Å². The highest BCUT2D eigenvalue weighted by Gasteiger charge is 2.20. The van der Waals surface area contributed by atoms with Crippen molar-refractivity contribution < 1.29 is 4.74 Å². The Morgan fingerprint density at radius 1 is 1.29 bits per heavy atom. The maximum atomic E-state index is 5.93. The summed E-state index contributed by atoms with van der Waals surface area (Å²) in [5.74, 6) is 2.80. The van der Waals surface area contributed by atoms with Crippen LogP contribution in [0.5, 0.6) is 5.88 Å². The minimum absolute atomic E-state index is 0.540. The molecule has 0 radical (unpaired) electrons. The summed E-state index contributed by atoms with van der Waals surface area (Å²) in [7, 11) is 1.61. The second-order valence-corrected chi connectivity index (χ2v) is 6.01. The first kappa shape index (κ1) is 14.6. The van der Waals surface area contributed by atoms with E-state index < -0.39 is 0 Å². The Morgan fingerprint density at radius 3 is 2.81 bits per heavy atom. The summed E-state index contributed by atoms with van der Waals surface area (Å²) in [4.78, 5) is 13.2. The molecule has 5 nitrogen and oxygen atoms in total. The number of rotatable bonds is 5. The normalized spacial score (nSPS) is 16.5. The van der Waals surface area contributed by atoms with Crippen LogP contribution in [-0.2, 0) is 13.0 Å². The minimum atomic E-state index is 0.540. The van der Waals surface area contributed by atoms with Gasteiger partial charge in [0.25, 0.3) is 0 Å². The molecule has 0 atom stereocenters. The van der Waals surface area contributed by atoms with Crippen molar-refractivity contribution in [1.82, 2.24) is 19.5 Å². The van der Waals surface area contributed by atoms with Crippen LogP contribution in [0.1, 0.15) is 37.9 Å². The largest absolute Gasteiger partial charge is 0.479 e. The van der Waals surface area contributed by atoms with Gasteiger partial charge in [0.05, 0.1) is 7.11 Å². The van der Waals surface area contributed by atoms with Gasteiger partial charge in [-0.05, 0) is 18.8 Å². The molecule has 114 valence electrons. The molecule has 1 aliphatic carbocycles. The number of hydrogen-bond acceptors (Lipinski definition) is 4. The van der Waals surface area contributed by atoms with Crippen LogP contribution in [-0.4, -0.2) is 32.5 Å². The smallest absolute Gasteiger partial charge is 0.245 e. The third-order valence-corrected chi connectivity index (χ3v) is 4.44. The molecule has 0 saturated heterocycles. The van der Waals surface area contributed by atoms with Crippen molar-refractivity contribution in [3.05, 3.63) is 12.2 Å². The topological polar surface area (TPSA) is 52.8 Å². The summed E-state index contributed by atoms with van der Waals surface area (Å²) < 4.78 is 7.52. The number of aryl methyl sites for hydroxylation is 1. The lowest BCUT2D eigenvalue weighted by Crippen LogP contribution is -2.16. The third kappa shape index (κ3) is 2.98. The van der Waals surface area contributed by atoms with Gasteiger partial charge in [-0.3, -0.25) is 0 Å². The van der Waals surface area contributed by atoms with Crippen molar-refractivity contribution in [2.75, 3.05) is 13.0 Å². The number of imidazole rings is 1. The van der Waals surface area contributed by atoms with Gasteiger partial charge in [-0.2, -0.15) is 4.98 Å². The van der Waals surface area contributed by atoms with Gasteiger partial charge in [-0.25, -0.2) is 9.97 Å². The molecule has 1 fully saturated rings. The Morgan fingerprint density at radius 2 is 2.10 bits per heavy atom. The fourth-order valence-corrected chi connectivity index (χ4v) is 3.37. The Hall–Kier alpha value is -1.36. The highest BCUT2D eigenvalue weighted by Crippen LogP contribution is 2.28. The standard InChI is InChI=1S/C15H21ClN4O/c1-21-15-13-14(17-10-18-15)20(12(19-13)7-8-16)9-11-5-3-2-4-6-11/h10-11H,2-9H2,1H3. The number of hydrogen-bond donors (Lipinski definition) is 0. The van der Waals surface area contributed by atoms with Crippen molar-refractivity contribution in [2.24, 2.45) is 5.92 Å². The molecule has 0 aromatic carbocycles. The molecular formula is C15H21ClN4O. The van der Waals surface area contributed by atoms with Crippen molar-refractivity contribution in [3.63, 3.8) is 0 Å². The lowest BCUT2D eigenvalue weighted by atomic mass is 9.89. The molecule has 1 aliphatic rings. The zero-order valence-electron chi connectivity index (χ0n) is 12.4. The van der Waals surface area contributed by atoms with E-state index in [4.69, 9.17) is 16.3 Å². The fraction of sp³-hybridized carbons (Fsp3) is 0.667. The first-order chi connectivity index (χ1) is 10.3. The molecule has 0 unspecified atom stereocenters. The highest BCUT2D eigenvalue weighted by atomic mass is 35.5. The molecule has 21 heavy (non-hydrogen) atoms. The summed E-state index contributed by atoms with van der Waals surface area (Å²) in [6.45, 7) is 0.975. The second-order valence-electron chi connectivity index (χ2n) is 5.64. The van der Waals surface area contributed by atoms with E-state index in [0.29, 0.717) is 17.7 Å². The predicted molar refractivity (Wildman–Crippen MR) is 82.9 cm³/mol. The fourth-order valence-electron chi connectivity index (χ4n) is 3.21. The summed E-state index contributed by atoms with van der Waals surface area (Å²) in [5, 5.41) is 0. The number of aromatic nitrogens is 4. The van der Waals surface area contributed by atoms with E-state index in [1.54, 1.807) is 13.4 Å². The molecular weight excluding hydrogens is 288 g/mol. The first-order valence-corrected chi connectivity index (χ1v) is 8.17. The lowest BCUT2D eigenvalue weighted by Gasteiger charge is -2.22. The Bertz CT molecular complexity index is 607. The summed E-state index contributed by atoms with van der Waals surface area (Å²) in [6, 6.07) is 0. The van der Waals surface area contributed by atoms with Gasteiger partial charge < -0.3 is 9.30 Å². The number of methoxy groups -OCH3 is 1. The maximum Gasteiger partial charge on any atom is 0.245 e. The van der Waals surface area contributed by atoms with Crippen LogP contribution in [0.2, 0.25) is 0 Å². The van der Waals surface area contributed by atoms with Crippen molar-refractivity contribution in [2.45, 2.75) is 45.1 Å². The van der Waals surface area contributed by atoms with Crippen molar-refractivity contribution in [1.29, 1.82) is 0 Å². The van der Waals surface area contributed by atoms with Crippen molar-refractivity contribution >= 4 is 22.8 Å². The summed E-state index contributed by atoms with van der Waals surface area (Å²) in [6.07, 6.45) is 8.91. The zero-order chi connectivity index (χ0) is 14.7. The predicted octanol–water partition coefficient (Wildman–Crippen LogP) is 3.20. The molecule has 3 rings (SSSR count). The van der Waals surface area contributed by atoms with E-state index in [1.807, 2.05) is 0 Å². The summed E-state index contributed by atoms with van der Waals surface area (Å²) >= 11 is 5.93. The maximum absolute atomic E-state index is 5.93.